The molecule has 0 spiro atoms. The van der Waals surface area contributed by atoms with Crippen LogP contribution in [0.3, 0.4) is 0 Å². The fourth-order valence-electron chi connectivity index (χ4n) is 2.74. The van der Waals surface area contributed by atoms with Crippen molar-refractivity contribution < 1.29 is 27.0 Å². The normalized spacial score (nSPS) is 18.8. The summed E-state index contributed by atoms with van der Waals surface area (Å²) >= 11 is 0. The zero-order valence-corrected chi connectivity index (χ0v) is 17.7. The van der Waals surface area contributed by atoms with Crippen molar-refractivity contribution in [2.75, 3.05) is 14.1 Å². The largest absolute Gasteiger partial charge is 2.00 e. The molecule has 0 unspecified atom stereocenters. The predicted molar refractivity (Wildman–Crippen MR) is 108 cm³/mol. The van der Waals surface area contributed by atoms with Crippen molar-refractivity contribution in [1.29, 1.82) is 0 Å². The molecule has 4 nitrogen and oxygen atoms in total. The van der Waals surface area contributed by atoms with Crippen molar-refractivity contribution in [3.8, 4) is 0 Å². The summed E-state index contributed by atoms with van der Waals surface area (Å²) in [7, 11) is 3.67. The summed E-state index contributed by atoms with van der Waals surface area (Å²) in [5.41, 5.74) is 1.06. The van der Waals surface area contributed by atoms with Gasteiger partial charge in [0, 0.05) is 20.0 Å². The number of aliphatic hydroxyl groups excluding tert-OH is 1. The van der Waals surface area contributed by atoms with E-state index in [1.54, 1.807) is 16.9 Å². The molecule has 1 N–H and O–H groups in total. The van der Waals surface area contributed by atoms with E-state index in [0.717, 1.165) is 11.5 Å². The summed E-state index contributed by atoms with van der Waals surface area (Å²) < 4.78 is 0. The van der Waals surface area contributed by atoms with Gasteiger partial charge in [0.1, 0.15) is 0 Å². The quantitative estimate of drug-likeness (QED) is 0.569. The maximum absolute atomic E-state index is 12.7. The third kappa shape index (κ3) is 7.87. The van der Waals surface area contributed by atoms with Crippen LogP contribution in [0.1, 0.15) is 12.5 Å². The van der Waals surface area contributed by atoms with Gasteiger partial charge >= 0.3 is 17.1 Å². The Morgan fingerprint density at radius 2 is 1.43 bits per heavy atom. The Labute approximate surface area is 182 Å². The third-order valence-corrected chi connectivity index (χ3v) is 4.36. The molecule has 2 aliphatic rings. The van der Waals surface area contributed by atoms with Gasteiger partial charge in [0.05, 0.1) is 18.6 Å². The fraction of sp³-hybridized carbons (Fsp3) is 0.261. The Morgan fingerprint density at radius 1 is 0.929 bits per heavy atom. The fourth-order valence-corrected chi connectivity index (χ4v) is 2.74. The molecule has 148 valence electrons. The van der Waals surface area contributed by atoms with Crippen LogP contribution >= 0.6 is 0 Å². The van der Waals surface area contributed by atoms with Crippen molar-refractivity contribution >= 4 is 5.91 Å². The second kappa shape index (κ2) is 13.4. The number of amides is 1. The standard InChI is InChI=1S/C18H23N2O2.C5H5.Fe/c1-14(17(21)16-11-7-8-12-16)18(22)20(19(2)3)13-15-9-5-4-6-10-15;1-2-4-5-3-1;/h4-12,14,17,21H,13H2,1-3H3;1-5H;/q;;+2/t14-,17-;;/m1../s1. The molecule has 5 heteroatoms. The van der Waals surface area contributed by atoms with E-state index in [4.69, 9.17) is 0 Å². The number of hydrogen-bond acceptors (Lipinski definition) is 3. The minimum absolute atomic E-state index is 0. The van der Waals surface area contributed by atoms with Crippen LogP contribution in [0.2, 0.25) is 0 Å². The van der Waals surface area contributed by atoms with Gasteiger partial charge in [-0.2, -0.15) is 0 Å². The molecule has 0 bridgehead atoms. The molecule has 0 aromatic heterocycles. The average molecular weight is 420 g/mol. The third-order valence-electron chi connectivity index (χ3n) is 4.36. The van der Waals surface area contributed by atoms with Gasteiger partial charge in [-0.15, -0.1) is 0 Å². The van der Waals surface area contributed by atoms with Crippen LogP contribution in [0.5, 0.6) is 0 Å². The van der Waals surface area contributed by atoms with Crippen LogP contribution in [0.25, 0.3) is 0 Å². The maximum atomic E-state index is 12.7. The molecule has 28 heavy (non-hydrogen) atoms. The molecule has 0 heterocycles. The number of hydrogen-bond donors (Lipinski definition) is 1. The summed E-state index contributed by atoms with van der Waals surface area (Å²) in [6, 6.07) is 9.84. The van der Waals surface area contributed by atoms with Crippen molar-refractivity contribution in [3.63, 3.8) is 0 Å². The van der Waals surface area contributed by atoms with E-state index >= 15 is 0 Å². The Balaban J connectivity index is 0.000000567. The van der Waals surface area contributed by atoms with E-state index in [0.29, 0.717) is 6.54 Å². The van der Waals surface area contributed by atoms with E-state index in [9.17, 15) is 9.90 Å². The summed E-state index contributed by atoms with van der Waals surface area (Å²) in [6.07, 6.45) is 16.6. The minimum atomic E-state index is -0.791. The number of benzene rings is 1. The van der Waals surface area contributed by atoms with E-state index in [2.05, 4.69) is 0 Å². The first-order valence-corrected chi connectivity index (χ1v) is 9.09. The topological polar surface area (TPSA) is 43.8 Å². The molecule has 10 radical (unpaired) electrons. The Bertz CT molecular complexity index is 535. The van der Waals surface area contributed by atoms with Crippen molar-refractivity contribution in [1.82, 2.24) is 10.0 Å². The summed E-state index contributed by atoms with van der Waals surface area (Å²) in [5.74, 6) is 0.176. The van der Waals surface area contributed by atoms with Gasteiger partial charge in [0.2, 0.25) is 5.91 Å². The summed E-state index contributed by atoms with van der Waals surface area (Å²) in [5, 5.41) is 13.8. The van der Waals surface area contributed by atoms with Crippen LogP contribution in [-0.2, 0) is 28.4 Å². The number of carbonyl (C=O) groups excluding carboxylic acids is 1. The summed E-state index contributed by atoms with van der Waals surface area (Å²) in [6.45, 7) is 2.26. The molecule has 2 aliphatic carbocycles. The van der Waals surface area contributed by atoms with Gasteiger partial charge < -0.3 is 5.11 Å². The van der Waals surface area contributed by atoms with Crippen LogP contribution in [0, 0.1) is 69.6 Å². The molecule has 2 fully saturated rings. The van der Waals surface area contributed by atoms with E-state index < -0.39 is 12.0 Å². The smallest absolute Gasteiger partial charge is 0.392 e. The van der Waals surface area contributed by atoms with Gasteiger partial charge in [0.15, 0.2) is 0 Å². The van der Waals surface area contributed by atoms with Gasteiger partial charge in [-0.1, -0.05) is 37.3 Å². The van der Waals surface area contributed by atoms with Gasteiger partial charge in [-0.3, -0.25) is 9.80 Å². The molecule has 0 saturated heterocycles. The predicted octanol–water partition coefficient (Wildman–Crippen LogP) is 2.91. The Morgan fingerprint density at radius 3 is 1.89 bits per heavy atom. The Kier molecular flexibility index (Phi) is 12.0. The average Bonchev–Trinajstić information content (AvgIpc) is 3.41. The number of aliphatic hydroxyl groups is 1. The zero-order valence-electron chi connectivity index (χ0n) is 16.5. The van der Waals surface area contributed by atoms with Crippen LogP contribution < -0.4 is 0 Å². The number of rotatable bonds is 6. The molecule has 1 amide bonds. The molecule has 0 aliphatic heterocycles. The van der Waals surface area contributed by atoms with E-state index in [1.165, 1.54) is 0 Å². The molecule has 1 aromatic carbocycles. The van der Waals surface area contributed by atoms with Gasteiger partial charge in [-0.05, 0) is 63.4 Å². The maximum Gasteiger partial charge on any atom is 2.00 e. The number of hydrazine groups is 1. The van der Waals surface area contributed by atoms with Crippen LogP contribution in [0.4, 0.5) is 0 Å². The van der Waals surface area contributed by atoms with Crippen LogP contribution in [0.15, 0.2) is 30.3 Å². The molecule has 1 aromatic rings. The first kappa shape index (κ1) is 25.2. The second-order valence-corrected chi connectivity index (χ2v) is 6.64. The molecule has 3 rings (SSSR count). The molecular weight excluding hydrogens is 392 g/mol. The monoisotopic (exact) mass is 420 g/mol. The zero-order chi connectivity index (χ0) is 19.6. The number of carbonyl (C=O) groups is 1. The van der Waals surface area contributed by atoms with Crippen LogP contribution in [-0.4, -0.2) is 41.2 Å². The van der Waals surface area contributed by atoms with Crippen molar-refractivity contribution in [2.24, 2.45) is 5.92 Å². The molecule has 2 saturated carbocycles. The molecule has 2 atom stereocenters. The van der Waals surface area contributed by atoms with Gasteiger partial charge in [-0.25, -0.2) is 5.01 Å². The van der Waals surface area contributed by atoms with Gasteiger partial charge in [0.25, 0.3) is 0 Å². The first-order valence-electron chi connectivity index (χ1n) is 9.09. The van der Waals surface area contributed by atoms with E-state index in [-0.39, 0.29) is 23.0 Å². The van der Waals surface area contributed by atoms with Crippen molar-refractivity contribution in [3.05, 3.63) is 99.6 Å². The number of nitrogens with zero attached hydrogens (tertiary/aromatic N) is 2. The van der Waals surface area contributed by atoms with E-state index in [1.807, 2.05) is 102 Å². The first-order chi connectivity index (χ1) is 13.0. The summed E-state index contributed by atoms with van der Waals surface area (Å²) in [4.78, 5) is 12.7. The SMILES string of the molecule is C[C@@H](C(=O)N(Cc1ccccc1)N(C)C)[C@@H](O)[C]1[CH][CH][CH][CH]1.[CH]1[CH][CH][CH][CH]1.[Fe+2]. The Hall–Kier alpha value is -0.871. The molecular formula is C23H28FeN2O2+2. The second-order valence-electron chi connectivity index (χ2n) is 6.64. The minimum Gasteiger partial charge on any atom is -0.392 e. The van der Waals surface area contributed by atoms with Crippen molar-refractivity contribution in [2.45, 2.75) is 19.6 Å².